The first-order chi connectivity index (χ1) is 51.7. The molecule has 2 unspecified atom stereocenters. The number of rotatable bonds is 76. The largest absolute Gasteiger partial charge is 0.472 e. The second-order valence-corrected chi connectivity index (χ2v) is 29.9. The van der Waals surface area contributed by atoms with E-state index in [0.29, 0.717) is 38.5 Å². The fourth-order valence-electron chi connectivity index (χ4n) is 10.5. The van der Waals surface area contributed by atoms with Crippen LogP contribution in [0.4, 0.5) is 0 Å². The van der Waals surface area contributed by atoms with E-state index in [1.54, 1.807) is 0 Å². The number of esters is 4. The van der Waals surface area contributed by atoms with Crippen LogP contribution in [-0.4, -0.2) is 96.7 Å². The molecular weight excluding hydrogens is 1380 g/mol. The lowest BCUT2D eigenvalue weighted by molar-refractivity contribution is -0.161. The Balaban J connectivity index is 5.50. The van der Waals surface area contributed by atoms with Gasteiger partial charge in [-0.2, -0.15) is 0 Å². The van der Waals surface area contributed by atoms with E-state index in [4.69, 9.17) is 37.0 Å². The molecule has 0 aromatic heterocycles. The number of unbranched alkanes of at least 4 members (excludes halogenated alkanes) is 26. The fraction of sp³-hybridized carbons (Fsp3) is 0.678. The Morgan fingerprint density at radius 3 is 0.877 bits per heavy atom. The Morgan fingerprint density at radius 1 is 0.274 bits per heavy atom. The minimum Gasteiger partial charge on any atom is -0.462 e. The number of aliphatic hydroxyl groups is 1. The van der Waals surface area contributed by atoms with E-state index in [2.05, 4.69) is 143 Å². The zero-order valence-electron chi connectivity index (χ0n) is 66.3. The minimum atomic E-state index is -5.02. The van der Waals surface area contributed by atoms with Gasteiger partial charge in [0.1, 0.15) is 19.3 Å². The van der Waals surface area contributed by atoms with Gasteiger partial charge in [0.15, 0.2) is 12.2 Å². The van der Waals surface area contributed by atoms with Crippen LogP contribution in [0.25, 0.3) is 0 Å². The summed E-state index contributed by atoms with van der Waals surface area (Å²) < 4.78 is 68.5. The Morgan fingerprint density at radius 2 is 0.519 bits per heavy atom. The van der Waals surface area contributed by atoms with Crippen molar-refractivity contribution in [3.8, 4) is 0 Å². The van der Waals surface area contributed by atoms with E-state index >= 15 is 0 Å². The fourth-order valence-corrected chi connectivity index (χ4v) is 12.1. The van der Waals surface area contributed by atoms with Crippen LogP contribution in [0.2, 0.25) is 0 Å². The molecule has 0 bridgehead atoms. The van der Waals surface area contributed by atoms with Crippen LogP contribution in [0, 0.1) is 0 Å². The molecule has 106 heavy (non-hydrogen) atoms. The number of hydrogen-bond donors (Lipinski definition) is 3. The van der Waals surface area contributed by atoms with E-state index in [1.807, 2.05) is 30.4 Å². The number of phosphoric acid groups is 2. The molecule has 3 N–H and O–H groups in total. The molecule has 5 atom stereocenters. The molecule has 0 aliphatic heterocycles. The molecule has 0 aliphatic rings. The summed E-state index contributed by atoms with van der Waals surface area (Å²) in [6.07, 6.45) is 89.8. The summed E-state index contributed by atoms with van der Waals surface area (Å²) in [5.41, 5.74) is 0. The zero-order chi connectivity index (χ0) is 77.4. The molecule has 0 aliphatic carbocycles. The van der Waals surface area contributed by atoms with Crippen molar-refractivity contribution in [1.82, 2.24) is 0 Å². The molecule has 19 heteroatoms. The molecule has 0 fully saturated rings. The van der Waals surface area contributed by atoms with Crippen LogP contribution in [-0.2, 0) is 65.4 Å². The second-order valence-electron chi connectivity index (χ2n) is 27.0. The molecule has 0 saturated carbocycles. The molecule has 0 heterocycles. The number of ether oxygens (including phenoxy) is 4. The third-order valence-corrected chi connectivity index (χ3v) is 18.7. The number of allylic oxidation sites excluding steroid dienone is 24. The summed E-state index contributed by atoms with van der Waals surface area (Å²) in [6.45, 7) is 4.57. The maximum Gasteiger partial charge on any atom is 0.472 e. The van der Waals surface area contributed by atoms with Gasteiger partial charge in [0.2, 0.25) is 0 Å². The Kier molecular flexibility index (Phi) is 74.3. The Bertz CT molecular complexity index is 2580. The molecule has 0 saturated heterocycles. The SMILES string of the molecule is CC/C=C\C/C=C\C/C=C\C/C=C\C/C=C\C/C=C\CCC(=O)O[C@H](COC(=O)CCC/C=C\C/C=C\C/C=C\C/C=C\CCCCC)COP(=O)(O)OC[C@@H](O)COP(=O)(O)OC[C@@H](COC(=O)CCCCCCCCC/C=C\CCCCCC)OC(=O)CCCCCCCCC/C=C\CCCCCC. The van der Waals surface area contributed by atoms with Crippen molar-refractivity contribution in [2.75, 3.05) is 39.6 Å². The van der Waals surface area contributed by atoms with Crippen LogP contribution in [0.3, 0.4) is 0 Å². The van der Waals surface area contributed by atoms with E-state index < -0.39 is 97.5 Å². The average molecular weight is 1530 g/mol. The lowest BCUT2D eigenvalue weighted by Crippen LogP contribution is -2.30. The third kappa shape index (κ3) is 77.1. The normalized spacial score (nSPS) is 14.6. The highest BCUT2D eigenvalue weighted by molar-refractivity contribution is 7.47. The summed E-state index contributed by atoms with van der Waals surface area (Å²) in [6, 6.07) is 0. The van der Waals surface area contributed by atoms with Gasteiger partial charge in [-0.1, -0.05) is 289 Å². The quantitative estimate of drug-likeness (QED) is 0.0169. The Labute approximate surface area is 643 Å². The van der Waals surface area contributed by atoms with Gasteiger partial charge in [-0.15, -0.1) is 0 Å². The maximum absolute atomic E-state index is 13.1. The first kappa shape index (κ1) is 101. The first-order valence-electron chi connectivity index (χ1n) is 41.1. The van der Waals surface area contributed by atoms with Crippen molar-refractivity contribution >= 4 is 39.5 Å². The molecule has 0 amide bonds. The van der Waals surface area contributed by atoms with Gasteiger partial charge in [-0.05, 0) is 154 Å². The topological polar surface area (TPSA) is 237 Å². The van der Waals surface area contributed by atoms with Crippen molar-refractivity contribution in [1.29, 1.82) is 0 Å². The number of aliphatic hydroxyl groups excluding tert-OH is 1. The standard InChI is InChI=1S/C87H146O17P2/c1-5-9-13-17-21-25-29-33-37-39-40-42-46-50-54-58-62-66-70-74-87(92)104-83(78-98-85(90)72-68-64-60-56-52-48-45-41-38-34-30-26-22-18-14-10-6-2)80-102-106(95,96)100-76-81(88)75-99-105(93,94)101-79-82(103-86(91)73-69-65-61-57-53-49-44-36-32-28-24-20-16-12-8-4)77-97-84(89)71-67-63-59-55-51-47-43-35-31-27-23-19-15-11-7-3/h9,13,21-22,25-28,31-34,37-38,40,42,45,48,50,54,56,60,62,66,81-83,88H,5-8,10-12,14-20,23-24,29-30,35-36,39,41,43-44,46-47,49,51-53,55,57-59,61,63-65,67-80H2,1-4H3,(H,93,94)(H,95,96)/b13-9-,25-21-,26-22-,31-27-,32-28-,37-33-,38-34-,42-40-,48-45-,54-50-,60-56-,66-62-/t81-,82+,83+/m0/s1. The average Bonchev–Trinajstić information content (AvgIpc) is 0.902. The van der Waals surface area contributed by atoms with Crippen molar-refractivity contribution in [3.05, 3.63) is 146 Å². The van der Waals surface area contributed by atoms with Crippen molar-refractivity contribution < 1.29 is 80.2 Å². The smallest absolute Gasteiger partial charge is 0.462 e. The summed E-state index contributed by atoms with van der Waals surface area (Å²) in [5, 5.41) is 10.7. The predicted molar refractivity (Wildman–Crippen MR) is 436 cm³/mol. The molecule has 606 valence electrons. The lowest BCUT2D eigenvalue weighted by Gasteiger charge is -2.21. The second kappa shape index (κ2) is 78.1. The number of carbonyl (C=O) groups excluding carboxylic acids is 4. The zero-order valence-corrected chi connectivity index (χ0v) is 68.1. The van der Waals surface area contributed by atoms with E-state index in [1.165, 1.54) is 83.5 Å². The Hall–Kier alpha value is -5.06. The number of phosphoric ester groups is 2. The van der Waals surface area contributed by atoms with Gasteiger partial charge in [-0.3, -0.25) is 37.3 Å². The first-order valence-corrected chi connectivity index (χ1v) is 44.1. The maximum atomic E-state index is 13.1. The van der Waals surface area contributed by atoms with Gasteiger partial charge < -0.3 is 33.8 Å². The lowest BCUT2D eigenvalue weighted by atomic mass is 10.1. The molecule has 0 rings (SSSR count). The van der Waals surface area contributed by atoms with E-state index in [-0.39, 0.29) is 25.7 Å². The minimum absolute atomic E-state index is 0.0460. The van der Waals surface area contributed by atoms with Gasteiger partial charge in [0, 0.05) is 25.7 Å². The van der Waals surface area contributed by atoms with Crippen LogP contribution >= 0.6 is 15.6 Å². The number of carbonyl (C=O) groups is 4. The highest BCUT2D eigenvalue weighted by Gasteiger charge is 2.30. The van der Waals surface area contributed by atoms with E-state index in [9.17, 15) is 43.2 Å². The van der Waals surface area contributed by atoms with Crippen molar-refractivity contribution in [2.24, 2.45) is 0 Å². The monoisotopic (exact) mass is 1530 g/mol. The molecular formula is C87H146O17P2. The highest BCUT2D eigenvalue weighted by atomic mass is 31.2. The van der Waals surface area contributed by atoms with Gasteiger partial charge in [0.05, 0.1) is 26.4 Å². The summed E-state index contributed by atoms with van der Waals surface area (Å²) in [7, 11) is -10.0. The van der Waals surface area contributed by atoms with Crippen LogP contribution in [0.5, 0.6) is 0 Å². The molecule has 0 spiro atoms. The van der Waals surface area contributed by atoms with Gasteiger partial charge in [0.25, 0.3) is 0 Å². The summed E-state index contributed by atoms with van der Waals surface area (Å²) in [4.78, 5) is 73.1. The van der Waals surface area contributed by atoms with Crippen molar-refractivity contribution in [3.63, 3.8) is 0 Å². The van der Waals surface area contributed by atoms with Crippen LogP contribution in [0.1, 0.15) is 323 Å². The summed E-state index contributed by atoms with van der Waals surface area (Å²) >= 11 is 0. The molecule has 17 nitrogen and oxygen atoms in total. The molecule has 0 radical (unpaired) electrons. The van der Waals surface area contributed by atoms with Crippen molar-refractivity contribution in [2.45, 2.75) is 341 Å². The van der Waals surface area contributed by atoms with E-state index in [0.717, 1.165) is 148 Å². The molecule has 0 aromatic carbocycles. The van der Waals surface area contributed by atoms with Crippen LogP contribution in [0.15, 0.2) is 146 Å². The predicted octanol–water partition coefficient (Wildman–Crippen LogP) is 24.2. The third-order valence-electron chi connectivity index (χ3n) is 16.8. The van der Waals surface area contributed by atoms with Gasteiger partial charge in [-0.25, -0.2) is 9.13 Å². The highest BCUT2D eigenvalue weighted by Crippen LogP contribution is 2.45. The van der Waals surface area contributed by atoms with Crippen LogP contribution < -0.4 is 0 Å². The summed E-state index contributed by atoms with van der Waals surface area (Å²) in [5.74, 6) is -2.35. The number of hydrogen-bond acceptors (Lipinski definition) is 15. The van der Waals surface area contributed by atoms with Gasteiger partial charge >= 0.3 is 39.5 Å². The molecule has 0 aromatic rings.